The fraction of sp³-hybridized carbons (Fsp3) is 0.500. The molecule has 0 spiro atoms. The van der Waals surface area contributed by atoms with E-state index < -0.39 is 0 Å². The molecule has 0 fully saturated rings. The lowest BCUT2D eigenvalue weighted by Gasteiger charge is -2.19. The molecule has 3 N–H and O–H groups in total. The molecule has 2 aromatic rings. The number of hydrogen-bond donors (Lipinski definition) is 2. The second-order valence-corrected chi connectivity index (χ2v) is 7.02. The number of thioether (sulfide) groups is 1. The van der Waals surface area contributed by atoms with Crippen LogP contribution in [0.25, 0.3) is 11.0 Å². The van der Waals surface area contributed by atoms with E-state index in [-0.39, 0.29) is 17.6 Å². The van der Waals surface area contributed by atoms with Crippen LogP contribution in [-0.2, 0) is 16.1 Å². The maximum Gasteiger partial charge on any atom is 0.227 e. The molecule has 1 aromatic carbocycles. The first kappa shape index (κ1) is 20.3. The number of para-hydroxylation sites is 2. The van der Waals surface area contributed by atoms with E-state index in [0.717, 1.165) is 37.2 Å². The van der Waals surface area contributed by atoms with Gasteiger partial charge < -0.3 is 15.2 Å². The number of nitrogens with two attached hydrogens (primary N) is 1. The highest BCUT2D eigenvalue weighted by atomic mass is 32.2. The third-order valence-corrected chi connectivity index (χ3v) is 5.14. The van der Waals surface area contributed by atoms with Crippen molar-refractivity contribution in [1.29, 1.82) is 0 Å². The average Bonchev–Trinajstić information content (AvgIpc) is 2.96. The Hall–Kier alpha value is -2.06. The molecule has 0 saturated carbocycles. The number of anilines is 1. The smallest absolute Gasteiger partial charge is 0.227 e. The Morgan fingerprint density at radius 3 is 2.69 bits per heavy atom. The zero-order valence-electron chi connectivity index (χ0n) is 15.4. The van der Waals surface area contributed by atoms with Gasteiger partial charge in [0.05, 0.1) is 16.8 Å². The first-order valence-electron chi connectivity index (χ1n) is 8.88. The predicted octanol–water partition coefficient (Wildman–Crippen LogP) is 1.93. The Bertz CT molecular complexity index is 742. The van der Waals surface area contributed by atoms with E-state index in [9.17, 15) is 9.59 Å². The minimum absolute atomic E-state index is 0.110. The van der Waals surface area contributed by atoms with Gasteiger partial charge in [0.2, 0.25) is 17.8 Å². The third kappa shape index (κ3) is 5.74. The molecule has 26 heavy (non-hydrogen) atoms. The summed E-state index contributed by atoms with van der Waals surface area (Å²) in [7, 11) is 0. The van der Waals surface area contributed by atoms with Gasteiger partial charge in [0.25, 0.3) is 0 Å². The van der Waals surface area contributed by atoms with Crippen molar-refractivity contribution in [3.63, 3.8) is 0 Å². The number of carbonyl (C=O) groups excluding carboxylic acids is 2. The van der Waals surface area contributed by atoms with Gasteiger partial charge in [-0.3, -0.25) is 14.9 Å². The fourth-order valence-electron chi connectivity index (χ4n) is 2.70. The molecule has 0 aliphatic carbocycles. The van der Waals surface area contributed by atoms with Gasteiger partial charge in [-0.25, -0.2) is 4.98 Å². The Balaban J connectivity index is 2.06. The van der Waals surface area contributed by atoms with Crippen LogP contribution in [0.4, 0.5) is 5.95 Å². The highest BCUT2D eigenvalue weighted by Crippen LogP contribution is 2.20. The number of rotatable bonds is 11. The normalized spacial score (nSPS) is 11.2. The van der Waals surface area contributed by atoms with E-state index in [1.807, 2.05) is 24.3 Å². The standard InChI is InChI=1S/C18H27N5O2S/c1-3-22(4-2)10-11-23-15-8-6-5-7-14(15)20-18(23)21-17(25)9-12-26-13-16(19)24/h5-8H,3-4,9-13H2,1-2H3,(H2,19,24)(H,20,21,25). The first-order valence-corrected chi connectivity index (χ1v) is 10.0. The Kier molecular flexibility index (Phi) is 7.93. The van der Waals surface area contributed by atoms with Crippen molar-refractivity contribution in [2.45, 2.75) is 26.8 Å². The van der Waals surface area contributed by atoms with Crippen molar-refractivity contribution in [1.82, 2.24) is 14.5 Å². The van der Waals surface area contributed by atoms with Gasteiger partial charge in [-0.05, 0) is 25.2 Å². The zero-order chi connectivity index (χ0) is 18.9. The van der Waals surface area contributed by atoms with Crippen LogP contribution >= 0.6 is 11.8 Å². The lowest BCUT2D eigenvalue weighted by Crippen LogP contribution is -2.27. The van der Waals surface area contributed by atoms with Gasteiger partial charge in [0.1, 0.15) is 0 Å². The maximum absolute atomic E-state index is 12.2. The minimum atomic E-state index is -0.367. The van der Waals surface area contributed by atoms with Gasteiger partial charge in [0, 0.05) is 25.3 Å². The van der Waals surface area contributed by atoms with Crippen LogP contribution in [0.1, 0.15) is 20.3 Å². The van der Waals surface area contributed by atoms with Crippen molar-refractivity contribution < 1.29 is 9.59 Å². The molecule has 7 nitrogen and oxygen atoms in total. The number of nitrogens with zero attached hydrogens (tertiary/aromatic N) is 3. The molecule has 0 unspecified atom stereocenters. The number of likely N-dealkylation sites (N-methyl/N-ethyl adjacent to an activating group) is 1. The summed E-state index contributed by atoms with van der Waals surface area (Å²) in [4.78, 5) is 29.9. The molecule has 0 radical (unpaired) electrons. The number of benzene rings is 1. The molecule has 2 rings (SSSR count). The van der Waals surface area contributed by atoms with E-state index in [1.165, 1.54) is 11.8 Å². The summed E-state index contributed by atoms with van der Waals surface area (Å²) in [5.74, 6) is 0.877. The van der Waals surface area contributed by atoms with Crippen LogP contribution in [0.3, 0.4) is 0 Å². The second-order valence-electron chi connectivity index (χ2n) is 5.92. The molecular weight excluding hydrogens is 350 g/mol. The van der Waals surface area contributed by atoms with Gasteiger partial charge >= 0.3 is 0 Å². The van der Waals surface area contributed by atoms with E-state index in [4.69, 9.17) is 5.73 Å². The number of aromatic nitrogens is 2. The number of primary amides is 1. The Morgan fingerprint density at radius 2 is 2.00 bits per heavy atom. The Morgan fingerprint density at radius 1 is 1.27 bits per heavy atom. The topological polar surface area (TPSA) is 93.2 Å². The molecule has 8 heteroatoms. The predicted molar refractivity (Wildman–Crippen MR) is 107 cm³/mol. The highest BCUT2D eigenvalue weighted by molar-refractivity contribution is 7.99. The zero-order valence-corrected chi connectivity index (χ0v) is 16.2. The van der Waals surface area contributed by atoms with Crippen LogP contribution < -0.4 is 11.1 Å². The van der Waals surface area contributed by atoms with Crippen LogP contribution in [-0.4, -0.2) is 57.4 Å². The van der Waals surface area contributed by atoms with Crippen molar-refractivity contribution in [2.24, 2.45) is 5.73 Å². The number of fused-ring (bicyclic) bond motifs is 1. The van der Waals surface area contributed by atoms with Gasteiger partial charge in [-0.1, -0.05) is 26.0 Å². The molecule has 142 valence electrons. The van der Waals surface area contributed by atoms with Crippen molar-refractivity contribution in [2.75, 3.05) is 36.5 Å². The number of carbonyl (C=O) groups is 2. The fourth-order valence-corrected chi connectivity index (χ4v) is 3.38. The SMILES string of the molecule is CCN(CC)CCn1c(NC(=O)CCSCC(N)=O)nc2ccccc21. The summed E-state index contributed by atoms with van der Waals surface area (Å²) < 4.78 is 2.06. The lowest BCUT2D eigenvalue weighted by atomic mass is 10.3. The van der Waals surface area contributed by atoms with Gasteiger partial charge in [0.15, 0.2) is 0 Å². The highest BCUT2D eigenvalue weighted by Gasteiger charge is 2.14. The number of amides is 2. The molecule has 0 aliphatic heterocycles. The molecule has 0 saturated heterocycles. The minimum Gasteiger partial charge on any atom is -0.369 e. The molecule has 0 atom stereocenters. The quantitative estimate of drug-likeness (QED) is 0.584. The lowest BCUT2D eigenvalue weighted by molar-refractivity contribution is -0.116. The Labute approximate surface area is 158 Å². The number of imidazole rings is 1. The number of nitrogens with one attached hydrogen (secondary N) is 1. The average molecular weight is 378 g/mol. The second kappa shape index (κ2) is 10.2. The monoisotopic (exact) mass is 377 g/mol. The first-order chi connectivity index (χ1) is 12.5. The van der Waals surface area contributed by atoms with Crippen LogP contribution in [0.15, 0.2) is 24.3 Å². The molecule has 0 aliphatic rings. The van der Waals surface area contributed by atoms with Crippen LogP contribution in [0, 0.1) is 0 Å². The molecule has 1 heterocycles. The molecule has 0 bridgehead atoms. The summed E-state index contributed by atoms with van der Waals surface area (Å²) >= 11 is 1.36. The van der Waals surface area contributed by atoms with E-state index in [2.05, 4.69) is 33.6 Å². The van der Waals surface area contributed by atoms with Crippen molar-refractivity contribution >= 4 is 40.6 Å². The summed E-state index contributed by atoms with van der Waals surface area (Å²) in [6.07, 6.45) is 0.317. The molecular formula is C18H27N5O2S. The van der Waals surface area contributed by atoms with Crippen LogP contribution in [0.5, 0.6) is 0 Å². The third-order valence-electron chi connectivity index (χ3n) is 4.16. The van der Waals surface area contributed by atoms with Crippen molar-refractivity contribution in [3.8, 4) is 0 Å². The maximum atomic E-state index is 12.2. The van der Waals surface area contributed by atoms with E-state index in [1.54, 1.807) is 0 Å². The molecule has 2 amide bonds. The number of hydrogen-bond acceptors (Lipinski definition) is 5. The summed E-state index contributed by atoms with van der Waals surface area (Å²) in [6, 6.07) is 7.88. The van der Waals surface area contributed by atoms with Crippen molar-refractivity contribution in [3.05, 3.63) is 24.3 Å². The molecule has 1 aromatic heterocycles. The largest absolute Gasteiger partial charge is 0.369 e. The van der Waals surface area contributed by atoms with E-state index in [0.29, 0.717) is 18.1 Å². The van der Waals surface area contributed by atoms with Gasteiger partial charge in [-0.15, -0.1) is 0 Å². The van der Waals surface area contributed by atoms with Crippen LogP contribution in [0.2, 0.25) is 0 Å². The van der Waals surface area contributed by atoms with Gasteiger partial charge in [-0.2, -0.15) is 11.8 Å². The summed E-state index contributed by atoms with van der Waals surface area (Å²) in [5.41, 5.74) is 6.98. The van der Waals surface area contributed by atoms with E-state index >= 15 is 0 Å². The summed E-state index contributed by atoms with van der Waals surface area (Å²) in [5, 5.41) is 2.91. The summed E-state index contributed by atoms with van der Waals surface area (Å²) in [6.45, 7) is 7.91.